The number of ketones is 1. The fraction of sp³-hybridized carbons (Fsp3) is 0.769. The summed E-state index contributed by atoms with van der Waals surface area (Å²) >= 11 is 0. The van der Waals surface area contributed by atoms with E-state index in [2.05, 4.69) is 19.9 Å². The van der Waals surface area contributed by atoms with Crippen LogP contribution in [0.3, 0.4) is 0 Å². The first kappa shape index (κ1) is 9.95. The molecule has 0 N–H and O–H groups in total. The third-order valence-corrected chi connectivity index (χ3v) is 4.10. The second kappa shape index (κ2) is 3.52. The first-order valence-electron chi connectivity index (χ1n) is 5.84. The van der Waals surface area contributed by atoms with Crippen molar-refractivity contribution in [2.45, 2.75) is 52.4 Å². The van der Waals surface area contributed by atoms with Gasteiger partial charge in [0.15, 0.2) is 0 Å². The van der Waals surface area contributed by atoms with E-state index in [9.17, 15) is 4.79 Å². The highest BCUT2D eigenvalue weighted by atomic mass is 16.1. The van der Waals surface area contributed by atoms with Crippen LogP contribution in [0.1, 0.15) is 52.4 Å². The van der Waals surface area contributed by atoms with Crippen molar-refractivity contribution >= 4 is 5.78 Å². The monoisotopic (exact) mass is 192 g/mol. The molecule has 1 heteroatoms. The fourth-order valence-electron chi connectivity index (χ4n) is 2.98. The topological polar surface area (TPSA) is 17.1 Å². The van der Waals surface area contributed by atoms with Crippen LogP contribution in [-0.4, -0.2) is 5.78 Å². The maximum atomic E-state index is 12.2. The minimum absolute atomic E-state index is 0.0528. The van der Waals surface area contributed by atoms with Crippen LogP contribution in [0.4, 0.5) is 0 Å². The standard InChI is InChI=1S/C13H20O/c1-10-5-8-13(9-6-10)7-3-4-11(2)12(13)14/h5,11H,3-4,6-9H2,1-2H3. The summed E-state index contributed by atoms with van der Waals surface area (Å²) in [5.41, 5.74) is 1.53. The van der Waals surface area contributed by atoms with Crippen LogP contribution in [0.5, 0.6) is 0 Å². The number of hydrogen-bond donors (Lipinski definition) is 0. The number of Topliss-reactive ketones (excluding diaryl/α,β-unsaturated/α-hetero) is 1. The van der Waals surface area contributed by atoms with Crippen LogP contribution in [0.2, 0.25) is 0 Å². The lowest BCUT2D eigenvalue weighted by Gasteiger charge is -2.40. The zero-order valence-corrected chi connectivity index (χ0v) is 9.31. The van der Waals surface area contributed by atoms with Gasteiger partial charge in [-0.05, 0) is 39.0 Å². The number of rotatable bonds is 0. The van der Waals surface area contributed by atoms with Gasteiger partial charge in [0.2, 0.25) is 0 Å². The van der Waals surface area contributed by atoms with E-state index in [0.29, 0.717) is 11.7 Å². The predicted molar refractivity (Wildman–Crippen MR) is 58.1 cm³/mol. The van der Waals surface area contributed by atoms with Gasteiger partial charge in [0, 0.05) is 11.3 Å². The molecule has 2 aliphatic rings. The lowest BCUT2D eigenvalue weighted by atomic mass is 9.62. The van der Waals surface area contributed by atoms with Gasteiger partial charge in [-0.1, -0.05) is 25.0 Å². The highest BCUT2D eigenvalue weighted by Crippen LogP contribution is 2.45. The van der Waals surface area contributed by atoms with E-state index in [4.69, 9.17) is 0 Å². The fourth-order valence-corrected chi connectivity index (χ4v) is 2.98. The van der Waals surface area contributed by atoms with E-state index >= 15 is 0 Å². The minimum atomic E-state index is 0.0528. The molecule has 0 aliphatic heterocycles. The highest BCUT2D eigenvalue weighted by molar-refractivity contribution is 5.87. The zero-order chi connectivity index (χ0) is 10.2. The number of carbonyl (C=O) groups excluding carboxylic acids is 1. The lowest BCUT2D eigenvalue weighted by Crippen LogP contribution is -2.39. The molecule has 78 valence electrons. The number of allylic oxidation sites excluding steroid dienone is 2. The largest absolute Gasteiger partial charge is 0.299 e. The van der Waals surface area contributed by atoms with Gasteiger partial charge in [-0.15, -0.1) is 0 Å². The van der Waals surface area contributed by atoms with E-state index in [-0.39, 0.29) is 5.41 Å². The molecule has 14 heavy (non-hydrogen) atoms. The Bertz CT molecular complexity index is 277. The average Bonchev–Trinajstić information content (AvgIpc) is 2.19. The molecule has 0 aromatic heterocycles. The maximum Gasteiger partial charge on any atom is 0.142 e. The van der Waals surface area contributed by atoms with Gasteiger partial charge in [0.05, 0.1) is 0 Å². The van der Waals surface area contributed by atoms with Crippen molar-refractivity contribution in [2.75, 3.05) is 0 Å². The predicted octanol–water partition coefficient (Wildman–Crippen LogP) is 3.49. The highest BCUT2D eigenvalue weighted by Gasteiger charge is 2.42. The third-order valence-electron chi connectivity index (χ3n) is 4.10. The summed E-state index contributed by atoms with van der Waals surface area (Å²) in [7, 11) is 0. The molecule has 1 saturated carbocycles. The van der Waals surface area contributed by atoms with Crippen molar-refractivity contribution in [3.8, 4) is 0 Å². The molecule has 0 heterocycles. The molecule has 0 aromatic carbocycles. The van der Waals surface area contributed by atoms with Crippen molar-refractivity contribution < 1.29 is 4.79 Å². The van der Waals surface area contributed by atoms with Crippen molar-refractivity contribution in [1.82, 2.24) is 0 Å². The lowest BCUT2D eigenvalue weighted by molar-refractivity contribution is -0.136. The summed E-state index contributed by atoms with van der Waals surface area (Å²) in [4.78, 5) is 12.2. The Morgan fingerprint density at radius 1 is 1.43 bits per heavy atom. The average molecular weight is 192 g/mol. The molecule has 1 spiro atoms. The molecule has 2 unspecified atom stereocenters. The minimum Gasteiger partial charge on any atom is -0.299 e. The molecule has 0 saturated heterocycles. The van der Waals surface area contributed by atoms with Crippen LogP contribution in [0, 0.1) is 11.3 Å². The molecule has 0 aromatic rings. The molecule has 2 atom stereocenters. The van der Waals surface area contributed by atoms with E-state index < -0.39 is 0 Å². The van der Waals surface area contributed by atoms with E-state index in [0.717, 1.165) is 32.1 Å². The molecule has 1 nitrogen and oxygen atoms in total. The summed E-state index contributed by atoms with van der Waals surface area (Å²) in [5.74, 6) is 0.864. The van der Waals surface area contributed by atoms with Gasteiger partial charge in [-0.2, -0.15) is 0 Å². The van der Waals surface area contributed by atoms with Crippen LogP contribution in [0.15, 0.2) is 11.6 Å². The molecule has 0 bridgehead atoms. The van der Waals surface area contributed by atoms with Gasteiger partial charge in [0.25, 0.3) is 0 Å². The summed E-state index contributed by atoms with van der Waals surface area (Å²) in [6.45, 7) is 4.29. The van der Waals surface area contributed by atoms with Gasteiger partial charge in [-0.3, -0.25) is 4.79 Å². The first-order chi connectivity index (χ1) is 6.64. The second-order valence-corrected chi connectivity index (χ2v) is 5.19. The Labute approximate surface area is 86.6 Å². The summed E-state index contributed by atoms with van der Waals surface area (Å²) < 4.78 is 0. The van der Waals surface area contributed by atoms with Crippen molar-refractivity contribution in [3.63, 3.8) is 0 Å². The molecule has 0 radical (unpaired) electrons. The smallest absolute Gasteiger partial charge is 0.142 e. The van der Waals surface area contributed by atoms with E-state index in [1.54, 1.807) is 0 Å². The van der Waals surface area contributed by atoms with Gasteiger partial charge in [0.1, 0.15) is 5.78 Å². The molecule has 2 rings (SSSR count). The van der Waals surface area contributed by atoms with Crippen molar-refractivity contribution in [3.05, 3.63) is 11.6 Å². The van der Waals surface area contributed by atoms with Crippen LogP contribution in [0.25, 0.3) is 0 Å². The Balaban J connectivity index is 2.19. The molecule has 0 amide bonds. The van der Waals surface area contributed by atoms with Crippen molar-refractivity contribution in [1.29, 1.82) is 0 Å². The molecule has 1 fully saturated rings. The van der Waals surface area contributed by atoms with Gasteiger partial charge >= 0.3 is 0 Å². The third kappa shape index (κ3) is 1.53. The molecule has 2 aliphatic carbocycles. The quantitative estimate of drug-likeness (QED) is 0.537. The molecular formula is C13H20O. The second-order valence-electron chi connectivity index (χ2n) is 5.19. The van der Waals surface area contributed by atoms with Gasteiger partial charge in [-0.25, -0.2) is 0 Å². The summed E-state index contributed by atoms with van der Waals surface area (Å²) in [6.07, 6.45) is 9.06. The number of hydrogen-bond acceptors (Lipinski definition) is 1. The van der Waals surface area contributed by atoms with Crippen LogP contribution in [-0.2, 0) is 4.79 Å². The van der Waals surface area contributed by atoms with E-state index in [1.807, 2.05) is 0 Å². The van der Waals surface area contributed by atoms with Crippen LogP contribution < -0.4 is 0 Å². The first-order valence-corrected chi connectivity index (χ1v) is 5.84. The van der Waals surface area contributed by atoms with Crippen molar-refractivity contribution in [2.24, 2.45) is 11.3 Å². The maximum absolute atomic E-state index is 12.2. The van der Waals surface area contributed by atoms with Crippen LogP contribution >= 0.6 is 0 Å². The summed E-state index contributed by atoms with van der Waals surface area (Å²) in [6, 6.07) is 0. The Morgan fingerprint density at radius 2 is 2.21 bits per heavy atom. The Kier molecular flexibility index (Phi) is 2.50. The zero-order valence-electron chi connectivity index (χ0n) is 9.31. The summed E-state index contributed by atoms with van der Waals surface area (Å²) in [5, 5.41) is 0. The molecular weight excluding hydrogens is 172 g/mol. The number of carbonyl (C=O) groups is 1. The Morgan fingerprint density at radius 3 is 2.86 bits per heavy atom. The van der Waals surface area contributed by atoms with Gasteiger partial charge < -0.3 is 0 Å². The Hall–Kier alpha value is -0.590. The van der Waals surface area contributed by atoms with E-state index in [1.165, 1.54) is 12.0 Å². The SMILES string of the molecule is CC1=CCC2(CCCC(C)C2=O)CC1. The normalized spacial score (nSPS) is 38.6.